The fourth-order valence-corrected chi connectivity index (χ4v) is 1.40. The Kier molecular flexibility index (Phi) is 3.78. The van der Waals surface area contributed by atoms with Crippen molar-refractivity contribution in [2.45, 2.75) is 0 Å². The van der Waals surface area contributed by atoms with Crippen LogP contribution in [0.15, 0.2) is 10.5 Å². The molecule has 16 heavy (non-hydrogen) atoms. The van der Waals surface area contributed by atoms with Crippen LogP contribution in [0, 0.1) is 0 Å². The molecule has 8 nitrogen and oxygen atoms in total. The number of amides is 1. The van der Waals surface area contributed by atoms with Gasteiger partial charge in [-0.1, -0.05) is 5.16 Å². The smallest absolute Gasteiger partial charge is 0.322 e. The molecule has 0 saturated heterocycles. The Morgan fingerprint density at radius 3 is 2.75 bits per heavy atom. The van der Waals surface area contributed by atoms with Crippen molar-refractivity contribution >= 4 is 34.1 Å². The normalized spacial score (nSPS) is 11.1. The Morgan fingerprint density at radius 1 is 1.62 bits per heavy atom. The Morgan fingerprint density at radius 2 is 2.31 bits per heavy atom. The van der Waals surface area contributed by atoms with Crippen LogP contribution < -0.4 is 11.1 Å². The summed E-state index contributed by atoms with van der Waals surface area (Å²) in [4.78, 5) is 25.3. The number of aliphatic carboxylic acids is 1. The topological polar surface area (TPSA) is 138 Å². The number of nitrogens with two attached hydrogens (primary N) is 1. The molecule has 0 radical (unpaired) electrons. The molecule has 0 aromatic carbocycles. The van der Waals surface area contributed by atoms with E-state index in [4.69, 9.17) is 16.0 Å². The Bertz CT molecular complexity index is 441. The molecule has 9 heteroatoms. The van der Waals surface area contributed by atoms with Crippen molar-refractivity contribution in [2.24, 2.45) is 5.16 Å². The second-order valence-corrected chi connectivity index (χ2v) is 3.49. The molecule has 0 spiro atoms. The van der Waals surface area contributed by atoms with Gasteiger partial charge in [-0.15, -0.1) is 11.3 Å². The van der Waals surface area contributed by atoms with Gasteiger partial charge in [-0.2, -0.15) is 0 Å². The zero-order chi connectivity index (χ0) is 12.1. The van der Waals surface area contributed by atoms with E-state index in [1.807, 2.05) is 5.32 Å². The summed E-state index contributed by atoms with van der Waals surface area (Å²) in [7, 11) is 0. The van der Waals surface area contributed by atoms with Gasteiger partial charge < -0.3 is 21.4 Å². The van der Waals surface area contributed by atoms with Crippen LogP contribution >= 0.6 is 11.3 Å². The SMILES string of the molecule is Nc1nc(C(=NO)C(=O)NCC(=O)O)cs1. The maximum atomic E-state index is 11.3. The molecule has 5 N–H and O–H groups in total. The van der Waals surface area contributed by atoms with Crippen molar-refractivity contribution in [1.82, 2.24) is 10.3 Å². The molecule has 1 rings (SSSR count). The first-order chi connectivity index (χ1) is 7.54. The van der Waals surface area contributed by atoms with Crippen LogP contribution in [0.3, 0.4) is 0 Å². The average Bonchev–Trinajstić information content (AvgIpc) is 2.63. The molecule has 0 atom stereocenters. The minimum atomic E-state index is -1.21. The van der Waals surface area contributed by atoms with Crippen molar-refractivity contribution < 1.29 is 19.9 Å². The molecule has 0 aliphatic rings. The number of nitrogens with zero attached hydrogens (tertiary/aromatic N) is 2. The van der Waals surface area contributed by atoms with Gasteiger partial charge in [0.15, 0.2) is 10.8 Å². The van der Waals surface area contributed by atoms with E-state index in [1.54, 1.807) is 0 Å². The van der Waals surface area contributed by atoms with Gasteiger partial charge in [-0.25, -0.2) is 4.98 Å². The summed E-state index contributed by atoms with van der Waals surface area (Å²) < 4.78 is 0. The van der Waals surface area contributed by atoms with Crippen molar-refractivity contribution in [1.29, 1.82) is 0 Å². The summed E-state index contributed by atoms with van der Waals surface area (Å²) in [5, 5.41) is 23.4. The highest BCUT2D eigenvalue weighted by molar-refractivity contribution is 7.13. The number of carbonyl (C=O) groups excluding carboxylic acids is 1. The van der Waals surface area contributed by atoms with E-state index in [0.29, 0.717) is 0 Å². The predicted octanol–water partition coefficient (Wildman–Crippen LogP) is -0.896. The molecular weight excluding hydrogens is 236 g/mol. The zero-order valence-corrected chi connectivity index (χ0v) is 8.69. The van der Waals surface area contributed by atoms with Gasteiger partial charge in [0.2, 0.25) is 0 Å². The number of carboxylic acids is 1. The second-order valence-electron chi connectivity index (χ2n) is 2.60. The lowest BCUT2D eigenvalue weighted by Gasteiger charge is -2.01. The van der Waals surface area contributed by atoms with E-state index >= 15 is 0 Å². The molecule has 0 aliphatic carbocycles. The highest BCUT2D eigenvalue weighted by atomic mass is 32.1. The van der Waals surface area contributed by atoms with E-state index in [0.717, 1.165) is 11.3 Å². The monoisotopic (exact) mass is 244 g/mol. The number of thiazole rings is 1. The molecule has 1 heterocycles. The highest BCUT2D eigenvalue weighted by Crippen LogP contribution is 2.11. The summed E-state index contributed by atoms with van der Waals surface area (Å²) in [6.07, 6.45) is 0. The number of hydrogen-bond donors (Lipinski definition) is 4. The number of oxime groups is 1. The van der Waals surface area contributed by atoms with Gasteiger partial charge >= 0.3 is 5.97 Å². The first kappa shape index (κ1) is 11.9. The van der Waals surface area contributed by atoms with Crippen LogP contribution in [0.1, 0.15) is 5.69 Å². The molecule has 0 unspecified atom stereocenters. The third-order valence-electron chi connectivity index (χ3n) is 1.48. The number of carbonyl (C=O) groups is 2. The van der Waals surface area contributed by atoms with E-state index in [-0.39, 0.29) is 16.5 Å². The second kappa shape index (κ2) is 5.07. The molecule has 0 bridgehead atoms. The molecule has 1 aromatic heterocycles. The number of anilines is 1. The summed E-state index contributed by atoms with van der Waals surface area (Å²) in [6.45, 7) is -0.572. The average molecular weight is 244 g/mol. The Balaban J connectivity index is 2.76. The van der Waals surface area contributed by atoms with Gasteiger partial charge in [-0.3, -0.25) is 9.59 Å². The standard InChI is InChI=1S/C7H8N4O4S/c8-7-10-3(2-16-7)5(11-15)6(14)9-1-4(12)13/h2,15H,1H2,(H2,8,10)(H,9,14)(H,12,13). The number of carboxylic acid groups (broad SMARTS) is 1. The van der Waals surface area contributed by atoms with Crippen molar-refractivity contribution in [2.75, 3.05) is 12.3 Å². The third-order valence-corrected chi connectivity index (χ3v) is 2.15. The lowest BCUT2D eigenvalue weighted by molar-refractivity contribution is -0.137. The molecule has 1 aromatic rings. The van der Waals surface area contributed by atoms with Crippen LogP contribution in [-0.2, 0) is 9.59 Å². The van der Waals surface area contributed by atoms with E-state index in [2.05, 4.69) is 10.1 Å². The van der Waals surface area contributed by atoms with Crippen molar-refractivity contribution in [3.05, 3.63) is 11.1 Å². The first-order valence-electron chi connectivity index (χ1n) is 3.98. The minimum absolute atomic E-state index is 0.0906. The number of aromatic nitrogens is 1. The van der Waals surface area contributed by atoms with Gasteiger partial charge in [0.1, 0.15) is 12.2 Å². The summed E-state index contributed by atoms with van der Waals surface area (Å²) in [6, 6.07) is 0. The Labute approximate surface area is 93.4 Å². The van der Waals surface area contributed by atoms with Gasteiger partial charge in [0.05, 0.1) is 0 Å². The van der Waals surface area contributed by atoms with Crippen LogP contribution in [0.2, 0.25) is 0 Å². The first-order valence-corrected chi connectivity index (χ1v) is 4.86. The predicted molar refractivity (Wildman–Crippen MR) is 55.5 cm³/mol. The minimum Gasteiger partial charge on any atom is -0.480 e. The molecule has 0 saturated carbocycles. The van der Waals surface area contributed by atoms with Crippen LogP contribution in [0.5, 0.6) is 0 Å². The summed E-state index contributed by atoms with van der Waals surface area (Å²) >= 11 is 1.07. The van der Waals surface area contributed by atoms with Crippen LogP contribution in [0.25, 0.3) is 0 Å². The lowest BCUT2D eigenvalue weighted by Crippen LogP contribution is -2.35. The largest absolute Gasteiger partial charge is 0.480 e. The number of nitrogen functional groups attached to an aromatic ring is 1. The summed E-state index contributed by atoms with van der Waals surface area (Å²) in [5.41, 5.74) is 5.05. The van der Waals surface area contributed by atoms with E-state index in [1.165, 1.54) is 5.38 Å². The number of hydrogen-bond acceptors (Lipinski definition) is 7. The van der Waals surface area contributed by atoms with Crippen LogP contribution in [0.4, 0.5) is 5.13 Å². The van der Waals surface area contributed by atoms with Crippen LogP contribution in [-0.4, -0.2) is 39.4 Å². The van der Waals surface area contributed by atoms with E-state index < -0.39 is 18.4 Å². The zero-order valence-electron chi connectivity index (χ0n) is 7.88. The maximum absolute atomic E-state index is 11.3. The highest BCUT2D eigenvalue weighted by Gasteiger charge is 2.18. The number of nitrogens with one attached hydrogen (secondary N) is 1. The van der Waals surface area contributed by atoms with Crippen molar-refractivity contribution in [3.8, 4) is 0 Å². The fourth-order valence-electron chi connectivity index (χ4n) is 0.849. The molecule has 0 fully saturated rings. The quantitative estimate of drug-likeness (QED) is 0.308. The molecule has 0 aliphatic heterocycles. The van der Waals surface area contributed by atoms with Crippen molar-refractivity contribution in [3.63, 3.8) is 0 Å². The molecular formula is C7H8N4O4S. The Hall–Kier alpha value is -2.16. The third kappa shape index (κ3) is 2.92. The van der Waals surface area contributed by atoms with E-state index in [9.17, 15) is 9.59 Å². The summed E-state index contributed by atoms with van der Waals surface area (Å²) in [5.74, 6) is -2.04. The molecule has 1 amide bonds. The fraction of sp³-hybridized carbons (Fsp3) is 0.143. The maximum Gasteiger partial charge on any atom is 0.322 e. The number of rotatable bonds is 4. The van der Waals surface area contributed by atoms with Gasteiger partial charge in [0.25, 0.3) is 5.91 Å². The van der Waals surface area contributed by atoms with Gasteiger partial charge in [-0.05, 0) is 0 Å². The van der Waals surface area contributed by atoms with Gasteiger partial charge in [0, 0.05) is 5.38 Å². The molecule has 86 valence electrons. The lowest BCUT2D eigenvalue weighted by atomic mass is 10.3.